The van der Waals surface area contributed by atoms with Crippen molar-refractivity contribution in [2.75, 3.05) is 87.3 Å². The summed E-state index contributed by atoms with van der Waals surface area (Å²) in [4.78, 5) is 119. The third kappa shape index (κ3) is 25.9. The number of hydrogen-bond donors (Lipinski definition) is 9. The Bertz CT molecular complexity index is 1750. The van der Waals surface area contributed by atoms with E-state index in [0.717, 1.165) is 0 Å². The molecule has 0 aliphatic carbocycles. The lowest BCUT2D eigenvalue weighted by molar-refractivity contribution is -0.226. The minimum atomic E-state index is -1.44. The molecule has 0 saturated heterocycles. The van der Waals surface area contributed by atoms with Crippen molar-refractivity contribution in [3.05, 3.63) is 0 Å². The van der Waals surface area contributed by atoms with Gasteiger partial charge in [0.05, 0.1) is 36.9 Å². The summed E-state index contributed by atoms with van der Waals surface area (Å²) in [6, 6.07) is -8.48. The number of ketones is 5. The number of aliphatic hydroxyl groups is 1. The molecule has 16 N–H and O–H groups in total. The van der Waals surface area contributed by atoms with Gasteiger partial charge in [0.2, 0.25) is 11.8 Å². The van der Waals surface area contributed by atoms with Crippen LogP contribution in [0.3, 0.4) is 0 Å². The molecule has 0 radical (unpaired) electrons. The summed E-state index contributed by atoms with van der Waals surface area (Å²) in [5, 5.41) is 20.9. The molecule has 0 aromatic heterocycles. The largest absolute Gasteiger partial charge is 0.389 e. The summed E-state index contributed by atoms with van der Waals surface area (Å²) in [7, 11) is 6.49. The highest BCUT2D eigenvalue weighted by Gasteiger charge is 2.47. The van der Waals surface area contributed by atoms with Crippen LogP contribution in [0.2, 0.25) is 0 Å². The van der Waals surface area contributed by atoms with E-state index in [4.69, 9.17) is 40.1 Å². The third-order valence-electron chi connectivity index (χ3n) is 15.1. The first-order valence-corrected chi connectivity index (χ1v) is 29.2. The fourth-order valence-corrected chi connectivity index (χ4v) is 10.3. The van der Waals surface area contributed by atoms with Gasteiger partial charge in [0.25, 0.3) is 5.91 Å². The van der Waals surface area contributed by atoms with Crippen molar-refractivity contribution in [1.29, 1.82) is 0 Å². The molecular formula is C55H111N15O9. The summed E-state index contributed by atoms with van der Waals surface area (Å²) < 4.78 is 0. The van der Waals surface area contributed by atoms with E-state index in [2.05, 4.69) is 5.32 Å². The van der Waals surface area contributed by atoms with Gasteiger partial charge in [0.1, 0.15) is 42.1 Å². The minimum Gasteiger partial charge on any atom is -0.389 e. The molecule has 0 unspecified atom stereocenters. The molecule has 8 atom stereocenters. The Hall–Kier alpha value is -3.76. The number of nitrogens with two attached hydrogens (primary N) is 7. The van der Waals surface area contributed by atoms with Crippen LogP contribution in [0.4, 0.5) is 0 Å². The molecule has 3 amide bonds. The normalized spacial score (nSPS) is 14.9. The van der Waals surface area contributed by atoms with E-state index in [1.54, 1.807) is 36.3 Å². The molecule has 0 spiro atoms. The van der Waals surface area contributed by atoms with Gasteiger partial charge >= 0.3 is 0 Å². The number of nitrogens with zero attached hydrogens (tertiary/aromatic N) is 7. The zero-order valence-electron chi connectivity index (χ0n) is 50.2. The molecule has 460 valence electrons. The van der Waals surface area contributed by atoms with E-state index in [-0.39, 0.29) is 68.5 Å². The highest BCUT2D eigenvalue weighted by molar-refractivity contribution is 5.95. The lowest BCUT2D eigenvalue weighted by atomic mass is 9.99. The highest BCUT2D eigenvalue weighted by Crippen LogP contribution is 2.29. The maximum atomic E-state index is 16.6. The predicted molar refractivity (Wildman–Crippen MR) is 311 cm³/mol. The first-order chi connectivity index (χ1) is 37.6. The zero-order chi connectivity index (χ0) is 60.2. The van der Waals surface area contributed by atoms with Gasteiger partial charge in [-0.05, 0) is 196 Å². The van der Waals surface area contributed by atoms with Crippen LogP contribution < -0.4 is 45.5 Å². The molecule has 0 aliphatic rings. The van der Waals surface area contributed by atoms with Gasteiger partial charge in [0.15, 0.2) is 11.6 Å². The van der Waals surface area contributed by atoms with Crippen molar-refractivity contribution in [3.63, 3.8) is 0 Å². The van der Waals surface area contributed by atoms with Crippen molar-refractivity contribution in [2.24, 2.45) is 40.1 Å². The van der Waals surface area contributed by atoms with E-state index in [1.807, 2.05) is 0 Å². The van der Waals surface area contributed by atoms with E-state index in [0.29, 0.717) is 135 Å². The molecule has 0 aromatic rings. The summed E-state index contributed by atoms with van der Waals surface area (Å²) in [5.74, 6) is -3.51. The van der Waals surface area contributed by atoms with E-state index in [1.165, 1.54) is 61.5 Å². The quantitative estimate of drug-likeness (QED) is 0.0224. The van der Waals surface area contributed by atoms with Gasteiger partial charge in [-0.15, -0.1) is 0 Å². The summed E-state index contributed by atoms with van der Waals surface area (Å²) in [5.41, 5.74) is 41.9. The number of nitrogens with one attached hydrogen (secondary N) is 1. The molecule has 0 saturated carbocycles. The molecule has 0 bridgehead atoms. The molecular weight excluding hydrogens is 1010 g/mol. The number of carbonyl (C=O) groups excluding carboxylic acids is 8. The molecule has 0 aliphatic heterocycles. The second-order valence-electron chi connectivity index (χ2n) is 21.2. The van der Waals surface area contributed by atoms with Crippen molar-refractivity contribution < 1.29 is 43.5 Å². The third-order valence-corrected chi connectivity index (χ3v) is 15.1. The summed E-state index contributed by atoms with van der Waals surface area (Å²) >= 11 is 0. The first-order valence-electron chi connectivity index (χ1n) is 29.2. The Morgan fingerprint density at radius 2 is 0.696 bits per heavy atom. The average molecular weight is 1130 g/mol. The second kappa shape index (κ2) is 43.0. The minimum absolute atomic E-state index is 0.0196. The molecule has 24 heteroatoms. The van der Waals surface area contributed by atoms with Crippen LogP contribution in [0.5, 0.6) is 0 Å². The molecule has 24 nitrogen and oxygen atoms in total. The van der Waals surface area contributed by atoms with Gasteiger partial charge in [-0.2, -0.15) is 5.12 Å². The van der Waals surface area contributed by atoms with Crippen molar-refractivity contribution in [1.82, 2.24) is 40.3 Å². The number of likely N-dealkylation sites (N-methyl/N-ethyl adjacent to an activating group) is 4. The molecule has 79 heavy (non-hydrogen) atoms. The maximum absolute atomic E-state index is 16.6. The smallest absolute Gasteiger partial charge is 0.260 e. The standard InChI is InChI=1S/C55H111N15O9/c1-40(52(76)38-71)63-39-68(54(78)51(30-16-23-37-62)70(66(8)47(43(4)74)26-12-19-33-58)67(9)48(44(5)75)27-13-20-34-59)49(28-14-21-35-60)55(79)69(65(7)46(42(3)73)25-11-18-32-57)50(29-15-22-36-61)53(77)64(6)45(41(2)72)24-10-17-31-56/h40,45-51,63,71H,10-39,56-62H2,1-9H3/t40-,45-,46-,47-,48-,49-,50-,51-/m0/s1. The Morgan fingerprint density at radius 3 is 1.03 bits per heavy atom. The Kier molecular flexibility index (Phi) is 40.9. The zero-order valence-corrected chi connectivity index (χ0v) is 50.2. The van der Waals surface area contributed by atoms with E-state index < -0.39 is 85.1 Å². The van der Waals surface area contributed by atoms with Crippen LogP contribution in [0, 0.1) is 0 Å². The average Bonchev–Trinajstić information content (AvgIpc) is 3.41. The second-order valence-corrected chi connectivity index (χ2v) is 21.2. The lowest BCUT2D eigenvalue weighted by Gasteiger charge is -2.49. The number of Topliss-reactive ketones (excluding diaryl/α,β-unsaturated/α-hetero) is 5. The summed E-state index contributed by atoms with van der Waals surface area (Å²) in [6.07, 6.45) is 8.44. The number of aliphatic hydroxyl groups excluding tert-OH is 1. The SMILES string of the molecule is CC(=O)[C@H](CCCCN)N(C)C(=O)[C@H](CCCCN)N(C(=O)[C@H](CCCCN)N(CN[C@@H](C)C(=O)CO)C(=O)[C@H](CCCCN)N(N(C)[C@@H](CCCCN)C(C)=O)N(C)[C@@H](CCCCN)C(C)=O)N(C)[C@@H](CCCCN)C(C)=O. The van der Waals surface area contributed by atoms with Crippen LogP contribution in [0.1, 0.15) is 169 Å². The van der Waals surface area contributed by atoms with Crippen molar-refractivity contribution in [3.8, 4) is 0 Å². The van der Waals surface area contributed by atoms with Crippen molar-refractivity contribution >= 4 is 46.6 Å². The molecule has 0 aromatic carbocycles. The summed E-state index contributed by atoms with van der Waals surface area (Å²) in [6.45, 7) is 8.30. The number of carbonyl (C=O) groups is 8. The Labute approximate surface area is 474 Å². The van der Waals surface area contributed by atoms with Gasteiger partial charge in [-0.3, -0.25) is 48.7 Å². The number of unbranched alkanes of at least 4 members (excludes halogenated alkanes) is 7. The van der Waals surface area contributed by atoms with Gasteiger partial charge in [-0.25, -0.2) is 15.0 Å². The van der Waals surface area contributed by atoms with Gasteiger partial charge in [0, 0.05) is 28.2 Å². The Morgan fingerprint density at radius 1 is 0.392 bits per heavy atom. The topological polar surface area (TPSA) is 374 Å². The van der Waals surface area contributed by atoms with Crippen LogP contribution >= 0.6 is 0 Å². The number of amides is 3. The molecule has 0 fully saturated rings. The number of hydrogen-bond acceptors (Lipinski definition) is 21. The van der Waals surface area contributed by atoms with Crippen LogP contribution in [-0.4, -0.2) is 222 Å². The van der Waals surface area contributed by atoms with Crippen LogP contribution in [-0.2, 0) is 38.4 Å². The highest BCUT2D eigenvalue weighted by atomic mass is 16.3. The lowest BCUT2D eigenvalue weighted by Crippen LogP contribution is -2.69. The number of rotatable bonds is 50. The number of hydrazine groups is 3. The maximum Gasteiger partial charge on any atom is 0.260 e. The predicted octanol–water partition coefficient (Wildman–Crippen LogP) is 0.281. The Balaban J connectivity index is 9.26. The molecule has 0 rings (SSSR count). The van der Waals surface area contributed by atoms with Gasteiger partial charge < -0.3 is 55.0 Å². The molecule has 0 heterocycles. The van der Waals surface area contributed by atoms with Gasteiger partial charge in [-0.1, -0.05) is 19.3 Å². The fourth-order valence-electron chi connectivity index (χ4n) is 10.3. The monoisotopic (exact) mass is 1130 g/mol. The fraction of sp³-hybridized carbons (Fsp3) is 0.855. The van der Waals surface area contributed by atoms with Crippen molar-refractivity contribution in [2.45, 2.75) is 218 Å². The van der Waals surface area contributed by atoms with Crippen LogP contribution in [0.15, 0.2) is 0 Å². The van der Waals surface area contributed by atoms with E-state index in [9.17, 15) is 29.1 Å². The first kappa shape index (κ1) is 75.2. The van der Waals surface area contributed by atoms with Crippen LogP contribution in [0.25, 0.3) is 0 Å². The van der Waals surface area contributed by atoms with E-state index >= 15 is 14.4 Å².